The minimum absolute atomic E-state index is 0.0183. The molecule has 0 heterocycles. The first-order chi connectivity index (χ1) is 14.2. The zero-order valence-corrected chi connectivity index (χ0v) is 15.4. The molecule has 0 aliphatic carbocycles. The van der Waals surface area contributed by atoms with E-state index in [1.807, 2.05) is 0 Å². The third-order valence-corrected chi connectivity index (χ3v) is 2.00. The highest BCUT2D eigenvalue weighted by Crippen LogP contribution is 1.78. The molecule has 0 aliphatic rings. The van der Waals surface area contributed by atoms with Crippen molar-refractivity contribution in [3.05, 3.63) is 12.2 Å². The van der Waals surface area contributed by atoms with E-state index in [-0.39, 0.29) is 6.42 Å². The van der Waals surface area contributed by atoms with Crippen molar-refractivity contribution >= 4 is 11.9 Å². The van der Waals surface area contributed by atoms with E-state index >= 15 is 0 Å². The van der Waals surface area contributed by atoms with Gasteiger partial charge in [-0.15, -0.1) is 12.2 Å². The normalized spacial score (nSPS) is 6.14. The van der Waals surface area contributed by atoms with Gasteiger partial charge in [-0.2, -0.15) is 5.92 Å². The van der Waals surface area contributed by atoms with Gasteiger partial charge in [0.05, 0.1) is 14.2 Å². The van der Waals surface area contributed by atoms with Gasteiger partial charge in [0.25, 0.3) is 0 Å². The number of rotatable bonds is 1. The number of hydrogen-bond donors (Lipinski definition) is 0. The number of carbonyl (C=O) groups is 2. The molecule has 0 aromatic carbocycles. The van der Waals surface area contributed by atoms with Crippen molar-refractivity contribution < 1.29 is 19.1 Å². The molecule has 0 bridgehead atoms. The Labute approximate surface area is 170 Å². The van der Waals surface area contributed by atoms with Gasteiger partial charge in [-0.05, 0) is 65.1 Å². The fourth-order valence-electron chi connectivity index (χ4n) is 0.890. The topological polar surface area (TPSA) is 52.6 Å². The van der Waals surface area contributed by atoms with Crippen LogP contribution in [0.5, 0.6) is 0 Å². The third-order valence-electron chi connectivity index (χ3n) is 2.00. The lowest BCUT2D eigenvalue weighted by molar-refractivity contribution is -0.139. The first kappa shape index (κ1) is 23.7. The lowest BCUT2D eigenvalue weighted by Gasteiger charge is -1.87. The van der Waals surface area contributed by atoms with Crippen LogP contribution in [0.4, 0.5) is 0 Å². The summed E-state index contributed by atoms with van der Waals surface area (Å²) in [5.74, 6) is 42.8. The number of esters is 2. The van der Waals surface area contributed by atoms with Crippen molar-refractivity contribution in [3.8, 4) is 107 Å². The molecule has 134 valence electrons. The van der Waals surface area contributed by atoms with Crippen LogP contribution in [0.15, 0.2) is 6.08 Å². The molecule has 0 aromatic heterocycles. The molecule has 0 rings (SSSR count). The summed E-state index contributed by atoms with van der Waals surface area (Å²) in [6.07, 6.45) is 3.87. The van der Waals surface area contributed by atoms with Crippen LogP contribution < -0.4 is 0 Å². The highest BCUT2D eigenvalue weighted by Gasteiger charge is 1.91. The molecule has 4 heteroatoms. The highest BCUT2D eigenvalue weighted by atomic mass is 16.5. The Morgan fingerprint density at radius 1 is 0.724 bits per heavy atom. The Morgan fingerprint density at radius 2 is 1.28 bits per heavy atom. The zero-order valence-electron chi connectivity index (χ0n) is 15.4. The molecule has 0 N–H and O–H groups in total. The molecule has 0 saturated heterocycles. The van der Waals surface area contributed by atoms with Gasteiger partial charge in [0, 0.05) is 5.92 Å². The summed E-state index contributed by atoms with van der Waals surface area (Å²) < 4.78 is 8.72. The molecule has 0 amide bonds. The van der Waals surface area contributed by atoms with E-state index in [0.29, 0.717) is 0 Å². The van der Waals surface area contributed by atoms with E-state index in [2.05, 4.69) is 122 Å². The minimum atomic E-state index is -0.659. The SMILES string of the molecule is COC(=O)C#CC#CC=[C-]C#CC#CC#CC#CC#CC#CC#CCC(=O)OC. The van der Waals surface area contributed by atoms with Crippen LogP contribution in [0, 0.1) is 113 Å². The van der Waals surface area contributed by atoms with Crippen molar-refractivity contribution in [3.63, 3.8) is 0 Å². The van der Waals surface area contributed by atoms with Crippen molar-refractivity contribution in [2.75, 3.05) is 14.2 Å². The Morgan fingerprint density at radius 3 is 1.83 bits per heavy atom. The molecule has 0 spiro atoms. The summed E-state index contributed by atoms with van der Waals surface area (Å²) in [4.78, 5) is 21.4. The van der Waals surface area contributed by atoms with Crippen molar-refractivity contribution in [2.24, 2.45) is 0 Å². The summed E-state index contributed by atoms with van der Waals surface area (Å²) in [5.41, 5.74) is 0. The van der Waals surface area contributed by atoms with Crippen LogP contribution in [0.2, 0.25) is 0 Å². The maximum absolute atomic E-state index is 10.8. The minimum Gasteiger partial charge on any atom is -0.468 e. The van der Waals surface area contributed by atoms with Gasteiger partial charge in [0.2, 0.25) is 0 Å². The van der Waals surface area contributed by atoms with E-state index in [1.54, 1.807) is 0 Å². The van der Waals surface area contributed by atoms with Gasteiger partial charge in [0.1, 0.15) is 6.42 Å². The average Bonchev–Trinajstić information content (AvgIpc) is 2.74. The predicted molar refractivity (Wildman–Crippen MR) is 106 cm³/mol. The summed E-state index contributed by atoms with van der Waals surface area (Å²) in [5, 5.41) is 0. The van der Waals surface area contributed by atoms with Gasteiger partial charge in [-0.25, -0.2) is 16.6 Å². The lowest BCUT2D eigenvalue weighted by atomic mass is 10.4. The van der Waals surface area contributed by atoms with E-state index in [1.165, 1.54) is 20.3 Å². The summed E-state index contributed by atoms with van der Waals surface area (Å²) in [6.45, 7) is 0. The Balaban J connectivity index is 4.35. The number of allylic oxidation sites excluding steroid dienone is 2. The molecule has 29 heavy (non-hydrogen) atoms. The number of ether oxygens (including phenoxy) is 2. The summed E-state index contributed by atoms with van der Waals surface area (Å²) in [7, 11) is 2.51. The average molecular weight is 373 g/mol. The van der Waals surface area contributed by atoms with Crippen LogP contribution in [-0.2, 0) is 19.1 Å². The number of carbonyl (C=O) groups excluding carboxylic acids is 2. The second-order valence-corrected chi connectivity index (χ2v) is 3.85. The first-order valence-corrected chi connectivity index (χ1v) is 7.42. The third kappa shape index (κ3) is 18.9. The number of methoxy groups -OCH3 is 2. The standard InChI is InChI=1S/C25H9O4/c1-28-24(26)22-20-18-16-14-12-10-8-6-4-3-5-7-9-11-13-15-17-19-21-23-25(27)29-2/h14H,23H2,1-2H3/q-1. The molecular formula is C25H9O4-. The van der Waals surface area contributed by atoms with Crippen molar-refractivity contribution in [2.45, 2.75) is 6.42 Å². The molecule has 0 fully saturated rings. The van der Waals surface area contributed by atoms with Crippen molar-refractivity contribution in [1.82, 2.24) is 0 Å². The number of hydrogen-bond acceptors (Lipinski definition) is 4. The van der Waals surface area contributed by atoms with Crippen LogP contribution >= 0.6 is 0 Å². The van der Waals surface area contributed by atoms with Crippen LogP contribution in [0.1, 0.15) is 6.42 Å². The Hall–Kier alpha value is -5.28. The highest BCUT2D eigenvalue weighted by molar-refractivity contribution is 5.88. The summed E-state index contributed by atoms with van der Waals surface area (Å²) in [6, 6.07) is 0. The fourth-order valence-corrected chi connectivity index (χ4v) is 0.890. The maximum Gasteiger partial charge on any atom is 0.385 e. The van der Waals surface area contributed by atoms with E-state index < -0.39 is 11.9 Å². The van der Waals surface area contributed by atoms with Gasteiger partial charge in [-0.1, -0.05) is 17.8 Å². The quantitative estimate of drug-likeness (QED) is 0.283. The van der Waals surface area contributed by atoms with E-state index in [0.717, 1.165) is 0 Å². The molecular weight excluding hydrogens is 364 g/mol. The molecule has 0 unspecified atom stereocenters. The fraction of sp³-hybridized carbons (Fsp3) is 0.120. The van der Waals surface area contributed by atoms with Crippen molar-refractivity contribution in [1.29, 1.82) is 0 Å². The Kier molecular flexibility index (Phi) is 15.6. The van der Waals surface area contributed by atoms with Crippen LogP contribution in [0.3, 0.4) is 0 Å². The van der Waals surface area contributed by atoms with E-state index in [9.17, 15) is 9.59 Å². The van der Waals surface area contributed by atoms with Gasteiger partial charge in [0.15, 0.2) is 0 Å². The molecule has 0 atom stereocenters. The van der Waals surface area contributed by atoms with Gasteiger partial charge < -0.3 is 9.47 Å². The predicted octanol–water partition coefficient (Wildman–Crippen LogP) is 0.112. The molecule has 4 nitrogen and oxygen atoms in total. The molecule has 0 saturated carbocycles. The smallest absolute Gasteiger partial charge is 0.385 e. The van der Waals surface area contributed by atoms with E-state index in [4.69, 9.17) is 0 Å². The molecule has 0 aromatic rings. The maximum atomic E-state index is 10.8. The van der Waals surface area contributed by atoms with Crippen LogP contribution in [-0.4, -0.2) is 26.2 Å². The first-order valence-electron chi connectivity index (χ1n) is 7.42. The van der Waals surface area contributed by atoms with Gasteiger partial charge >= 0.3 is 11.9 Å². The zero-order chi connectivity index (χ0) is 21.4. The summed E-state index contributed by atoms with van der Waals surface area (Å²) >= 11 is 0. The lowest BCUT2D eigenvalue weighted by Crippen LogP contribution is -1.96. The monoisotopic (exact) mass is 373 g/mol. The van der Waals surface area contributed by atoms with Gasteiger partial charge in [-0.3, -0.25) is 4.79 Å². The molecule has 0 radical (unpaired) electrons. The largest absolute Gasteiger partial charge is 0.468 e. The Bertz CT molecular complexity index is 1220. The second kappa shape index (κ2) is 19.1. The molecule has 0 aliphatic heterocycles. The van der Waals surface area contributed by atoms with Crippen LogP contribution in [0.25, 0.3) is 0 Å². The second-order valence-electron chi connectivity index (χ2n) is 3.85.